The minimum absolute atomic E-state index is 0.0146. The van der Waals surface area contributed by atoms with Crippen molar-refractivity contribution in [3.8, 4) is 0 Å². The van der Waals surface area contributed by atoms with Gasteiger partial charge in [-0.15, -0.1) is 0 Å². The maximum absolute atomic E-state index is 10.3. The summed E-state index contributed by atoms with van der Waals surface area (Å²) in [4.78, 5) is 24.5. The molecular weight excluding hydrogens is 2340 g/mol. The van der Waals surface area contributed by atoms with E-state index in [0.717, 1.165) is 0 Å². The van der Waals surface area contributed by atoms with Gasteiger partial charge in [-0.05, 0) is 218 Å². The average Bonchev–Trinajstić information content (AvgIpc) is 0.844. The summed E-state index contributed by atoms with van der Waals surface area (Å²) in [5, 5.41) is 0. The first kappa shape index (κ1) is 120. The van der Waals surface area contributed by atoms with Gasteiger partial charge in [-0.25, -0.2) is 0 Å². The smallest absolute Gasteiger partial charge is 0.0619 e. The van der Waals surface area contributed by atoms with Crippen molar-refractivity contribution in [1.82, 2.24) is 0 Å². The monoisotopic (exact) mass is 2440 g/mol. The Hall–Kier alpha value is -10.7. The second-order valence-electron chi connectivity index (χ2n) is 28.2. The standard InChI is InChI=1S/6C18H15S.6AsFH2O3/c6*1-4-10-16(11-5-1)19(17-12-6-2-7-13-17)18-14-8-3-9-15-18;6*2-1(3,4)5/h6*1-15H;6*(H2,3,4,5)/q6*+1;;;;;;/p-6. The van der Waals surface area contributed by atoms with E-state index < -0.39 is 87.9 Å². The SMILES string of the molecule is O=[As]([O-])(O)F.O=[As]([O-])(O)F.O=[As]([O-])(O)F.O=[As]([O-])(O)F.O=[As]([O-])(O)F.O=[As]([O-])(O)F.c1ccc([S+](c2ccccc2)c2ccccc2)cc1.c1ccc([S+](c2ccccc2)c2ccccc2)cc1.c1ccc([S+](c2ccccc2)c2ccccc2)cc1.c1ccc([S+](c2ccccc2)c2ccccc2)cc1.c1ccc([S+](c2ccccc2)c2ccccc2)cc1.c1ccc([S+](c2ccccc2)c2ccccc2)cc1. The Balaban J connectivity index is 0.000000221. The second kappa shape index (κ2) is 65.0. The Kier molecular flexibility index (Phi) is 54.3. The molecule has 18 aromatic rings. The van der Waals surface area contributed by atoms with Gasteiger partial charge in [0.05, 0.1) is 65.4 Å². The first-order chi connectivity index (χ1) is 68.7. The van der Waals surface area contributed by atoms with Crippen molar-refractivity contribution in [2.75, 3.05) is 0 Å². The molecule has 0 fully saturated rings. The van der Waals surface area contributed by atoms with Gasteiger partial charge >= 0.3 is 180 Å². The largest absolute Gasteiger partial charge is 0.166 e. The summed E-state index contributed by atoms with van der Waals surface area (Å²) in [6.45, 7) is 0. The molecule has 0 spiro atoms. The van der Waals surface area contributed by atoms with E-state index in [-0.39, 0.29) is 65.4 Å². The molecule has 6 unspecified atom stereocenters. The average molecular weight is 2440 g/mol. The van der Waals surface area contributed by atoms with Crippen molar-refractivity contribution in [2.24, 2.45) is 0 Å². The number of hydrogen-bond donors (Lipinski definition) is 6. The van der Waals surface area contributed by atoms with Crippen LogP contribution in [-0.2, 0) is 87.8 Å². The molecule has 36 heteroatoms. The van der Waals surface area contributed by atoms with E-state index in [1.807, 2.05) is 0 Å². The van der Waals surface area contributed by atoms with Gasteiger partial charge < -0.3 is 0 Å². The predicted octanol–water partition coefficient (Wildman–Crippen LogP) is 17.7. The quantitative estimate of drug-likeness (QED) is 0.0264. The predicted molar refractivity (Wildman–Crippen MR) is 548 cm³/mol. The Morgan fingerprint density at radius 1 is 0.118 bits per heavy atom. The molecule has 0 amide bonds. The summed E-state index contributed by atoms with van der Waals surface area (Å²) in [6, 6.07) is 193. The van der Waals surface area contributed by atoms with Crippen LogP contribution in [0.25, 0.3) is 0 Å². The maximum Gasteiger partial charge on any atom is 0.166 e. The molecule has 0 saturated heterocycles. The fourth-order valence-electron chi connectivity index (χ4n) is 12.5. The molecule has 6 N–H and O–H groups in total. The zero-order valence-electron chi connectivity index (χ0n) is 75.9. The Bertz CT molecular complexity index is 5140. The van der Waals surface area contributed by atoms with Crippen LogP contribution in [0.4, 0.5) is 20.8 Å². The Morgan fingerprint density at radius 3 is 0.188 bits per heavy atom. The molecular formula is C108H96As6F6O18S6. The summed E-state index contributed by atoms with van der Waals surface area (Å²) in [5.41, 5.74) is 0. The van der Waals surface area contributed by atoms with E-state index in [4.69, 9.17) is 71.6 Å². The topological polar surface area (TPSA) is 362 Å². The summed E-state index contributed by atoms with van der Waals surface area (Å²) in [7, 11) is -0.0878. The number of hydrogen-bond acceptors (Lipinski definition) is 12. The number of halogens is 6. The summed E-state index contributed by atoms with van der Waals surface area (Å²) in [6.07, 6.45) is 0. The van der Waals surface area contributed by atoms with Crippen LogP contribution in [0.1, 0.15) is 0 Å². The van der Waals surface area contributed by atoms with Gasteiger partial charge in [-0.3, -0.25) is 0 Å². The molecule has 0 aliphatic carbocycles. The van der Waals surface area contributed by atoms with Gasteiger partial charge in [-0.1, -0.05) is 328 Å². The third-order valence-corrected chi connectivity index (χ3v) is 31.0. The molecule has 744 valence electrons. The third kappa shape index (κ3) is 52.9. The van der Waals surface area contributed by atoms with Crippen molar-refractivity contribution in [3.05, 3.63) is 546 Å². The number of benzene rings is 18. The first-order valence-corrected chi connectivity index (χ1v) is 68.3. The van der Waals surface area contributed by atoms with Crippen LogP contribution in [0, 0.1) is 0 Å². The Labute approximate surface area is 870 Å². The first-order valence-electron chi connectivity index (χ1n) is 42.5. The number of rotatable bonds is 18. The van der Waals surface area contributed by atoms with Crippen molar-refractivity contribution in [3.63, 3.8) is 0 Å². The molecule has 18 rings (SSSR count). The van der Waals surface area contributed by atoms with Gasteiger partial charge in [0.2, 0.25) is 0 Å². The van der Waals surface area contributed by atoms with Gasteiger partial charge in [0, 0.05) is 0 Å². The van der Waals surface area contributed by atoms with E-state index in [1.54, 1.807) is 0 Å². The molecule has 144 heavy (non-hydrogen) atoms. The maximum atomic E-state index is 10.3. The normalized spacial score (nSPS) is 12.8. The molecule has 18 nitrogen and oxygen atoms in total. The van der Waals surface area contributed by atoms with E-state index in [1.165, 1.54) is 88.1 Å². The molecule has 0 bridgehead atoms. The molecule has 0 heterocycles. The fraction of sp³-hybridized carbons (Fsp3) is 0. The summed E-state index contributed by atoms with van der Waals surface area (Å²) < 4.78 is 207. The van der Waals surface area contributed by atoms with Crippen LogP contribution in [0.3, 0.4) is 0 Å². The van der Waals surface area contributed by atoms with Crippen LogP contribution >= 0.6 is 0 Å². The van der Waals surface area contributed by atoms with Crippen LogP contribution in [0.15, 0.2) is 634 Å². The molecule has 0 radical (unpaired) electrons. The second-order valence-corrected chi connectivity index (χ2v) is 51.7. The summed E-state index contributed by atoms with van der Waals surface area (Å²) >= 11 is -35.2. The Morgan fingerprint density at radius 2 is 0.153 bits per heavy atom. The molecule has 6 atom stereocenters. The minimum Gasteiger partial charge on any atom is -0.0619 e. The van der Waals surface area contributed by atoms with Crippen molar-refractivity contribution < 1.29 is 92.4 Å². The van der Waals surface area contributed by atoms with Crippen molar-refractivity contribution in [1.29, 1.82) is 0 Å². The van der Waals surface area contributed by atoms with Gasteiger partial charge in [-0.2, -0.15) is 0 Å². The zero-order chi connectivity index (χ0) is 104. The van der Waals surface area contributed by atoms with Crippen LogP contribution in [-0.4, -0.2) is 112 Å². The van der Waals surface area contributed by atoms with Gasteiger partial charge in [0.1, 0.15) is 0 Å². The minimum atomic E-state index is -5.88. The molecule has 18 aromatic carbocycles. The molecule has 0 aliphatic rings. The van der Waals surface area contributed by atoms with Crippen LogP contribution in [0.2, 0.25) is 0 Å². The van der Waals surface area contributed by atoms with E-state index in [2.05, 4.69) is 546 Å². The summed E-state index contributed by atoms with van der Waals surface area (Å²) in [5.74, 6) is 0. The zero-order valence-corrected chi connectivity index (χ0v) is 92.1. The van der Waals surface area contributed by atoms with E-state index in [9.17, 15) is 20.8 Å². The van der Waals surface area contributed by atoms with Gasteiger partial charge in [0.15, 0.2) is 88.1 Å². The molecule has 0 aromatic heterocycles. The molecule has 0 aliphatic heterocycles. The van der Waals surface area contributed by atoms with Crippen molar-refractivity contribution >= 4 is 153 Å². The molecule has 0 saturated carbocycles. The van der Waals surface area contributed by atoms with Crippen LogP contribution in [0.5, 0.6) is 0 Å². The fourth-order valence-corrected chi connectivity index (χ4v) is 25.1. The van der Waals surface area contributed by atoms with E-state index >= 15 is 0 Å². The van der Waals surface area contributed by atoms with Gasteiger partial charge in [0.25, 0.3) is 0 Å². The van der Waals surface area contributed by atoms with E-state index in [0.29, 0.717) is 0 Å². The van der Waals surface area contributed by atoms with Crippen molar-refractivity contribution in [2.45, 2.75) is 88.1 Å². The van der Waals surface area contributed by atoms with Crippen LogP contribution < -0.4 is 24.6 Å². The third-order valence-electron chi connectivity index (χ3n) is 17.6.